The fraction of sp³-hybridized carbons (Fsp3) is 0.677. The minimum atomic E-state index is -3.62. The molecule has 8 heteroatoms. The number of sulfonamides is 1. The zero-order valence-electron chi connectivity index (χ0n) is 24.8. The van der Waals surface area contributed by atoms with Crippen LogP contribution in [-0.4, -0.2) is 56.9 Å². The first kappa shape index (κ1) is 43.0. The van der Waals surface area contributed by atoms with E-state index in [4.69, 9.17) is 5.26 Å². The van der Waals surface area contributed by atoms with Crippen molar-refractivity contribution in [3.63, 3.8) is 0 Å². The van der Waals surface area contributed by atoms with E-state index in [1.807, 2.05) is 0 Å². The molecule has 39 heavy (non-hydrogen) atoms. The second kappa shape index (κ2) is 32.0. The van der Waals surface area contributed by atoms with Gasteiger partial charge in [-0.05, 0) is 31.8 Å². The van der Waals surface area contributed by atoms with Crippen molar-refractivity contribution >= 4 is 33.9 Å². The number of benzene rings is 1. The summed E-state index contributed by atoms with van der Waals surface area (Å²) in [4.78, 5) is 2.46. The molecular formula is C31H54ClN3O2SSn. The van der Waals surface area contributed by atoms with Crippen LogP contribution in [0.2, 0.25) is 0 Å². The van der Waals surface area contributed by atoms with Crippen molar-refractivity contribution in [1.82, 2.24) is 9.62 Å². The largest absolute Gasteiger partial charge is 4.00 e. The van der Waals surface area contributed by atoms with Crippen LogP contribution >= 0.6 is 0 Å². The van der Waals surface area contributed by atoms with Gasteiger partial charge in [0, 0.05) is 0 Å². The van der Waals surface area contributed by atoms with Gasteiger partial charge in [0.25, 0.3) is 10.0 Å². The van der Waals surface area contributed by atoms with Crippen LogP contribution in [0.5, 0.6) is 0 Å². The summed E-state index contributed by atoms with van der Waals surface area (Å²) < 4.78 is 23.9. The third kappa shape index (κ3) is 27.4. The van der Waals surface area contributed by atoms with Crippen molar-refractivity contribution in [2.45, 2.75) is 122 Å². The Kier molecular flexibility index (Phi) is 35.3. The van der Waals surface area contributed by atoms with E-state index in [0.29, 0.717) is 0 Å². The Bertz CT molecular complexity index is 676. The molecule has 3 fully saturated rings. The molecule has 1 N–H and O–H groups in total. The summed E-state index contributed by atoms with van der Waals surface area (Å²) in [5.41, 5.74) is 0. The van der Waals surface area contributed by atoms with Gasteiger partial charge in [0.15, 0.2) is 6.19 Å². The average molecular weight is 687 g/mol. The van der Waals surface area contributed by atoms with Crippen molar-refractivity contribution in [2.24, 2.45) is 0 Å². The van der Waals surface area contributed by atoms with Gasteiger partial charge in [-0.25, -0.2) is 13.1 Å². The van der Waals surface area contributed by atoms with Gasteiger partial charge in [-0.15, -0.1) is 0 Å². The van der Waals surface area contributed by atoms with Crippen molar-refractivity contribution in [2.75, 3.05) is 19.6 Å². The maximum atomic E-state index is 11.1. The predicted octanol–water partition coefficient (Wildman–Crippen LogP) is 4.88. The van der Waals surface area contributed by atoms with E-state index in [2.05, 4.69) is 44.9 Å². The van der Waals surface area contributed by atoms with Gasteiger partial charge in [-0.3, -0.25) is 0 Å². The van der Waals surface area contributed by atoms with E-state index in [9.17, 15) is 8.42 Å². The van der Waals surface area contributed by atoms with Crippen LogP contribution in [0.3, 0.4) is 0 Å². The van der Waals surface area contributed by atoms with Gasteiger partial charge >= 0.3 is 23.9 Å². The molecule has 0 aliphatic heterocycles. The van der Waals surface area contributed by atoms with Gasteiger partial charge < -0.3 is 36.6 Å². The summed E-state index contributed by atoms with van der Waals surface area (Å²) in [5.74, 6) is 0. The number of hydrogen-bond donors (Lipinski definition) is 1. The Labute approximate surface area is 265 Å². The predicted molar refractivity (Wildman–Crippen MR) is 164 cm³/mol. The molecule has 5 nitrogen and oxygen atoms in total. The van der Waals surface area contributed by atoms with Gasteiger partial charge in [-0.2, -0.15) is 43.8 Å². The van der Waals surface area contributed by atoms with Crippen molar-refractivity contribution in [3.8, 4) is 6.19 Å². The van der Waals surface area contributed by atoms with Crippen LogP contribution in [-0.2, 0) is 10.0 Å². The minimum Gasteiger partial charge on any atom is -1.00 e. The average Bonchev–Trinajstić information content (AvgIpc) is 2.99. The topological polar surface area (TPSA) is 73.2 Å². The Hall–Kier alpha value is -0.491. The normalized spacial score (nSPS) is 16.1. The van der Waals surface area contributed by atoms with Crippen LogP contribution < -0.4 is 17.1 Å². The molecule has 3 aliphatic rings. The number of hydrogen-bond acceptors (Lipinski definition) is 4. The molecule has 0 heterocycles. The van der Waals surface area contributed by atoms with Crippen molar-refractivity contribution in [1.29, 1.82) is 5.26 Å². The number of halogens is 1. The number of nitrogens with zero attached hydrogens (tertiary/aromatic N) is 2. The molecule has 0 atom stereocenters. The first-order valence-electron chi connectivity index (χ1n) is 14.6. The second-order valence-electron chi connectivity index (χ2n) is 9.43. The molecule has 1 aromatic rings. The molecule has 0 saturated heterocycles. The quantitative estimate of drug-likeness (QED) is 0.208. The number of nitrogens with one attached hydrogen (secondary N) is 1. The monoisotopic (exact) mass is 687 g/mol. The van der Waals surface area contributed by atoms with Crippen LogP contribution in [0.15, 0.2) is 35.2 Å². The molecule has 222 valence electrons. The molecule has 0 spiro atoms. The van der Waals surface area contributed by atoms with E-state index >= 15 is 0 Å². The first-order valence-corrected chi connectivity index (χ1v) is 16.1. The zero-order valence-corrected chi connectivity index (χ0v) is 29.3. The maximum absolute atomic E-state index is 11.1. The van der Waals surface area contributed by atoms with Gasteiger partial charge in [0.05, 0.1) is 4.90 Å². The molecule has 4 rings (SSSR count). The summed E-state index contributed by atoms with van der Waals surface area (Å²) in [6, 6.07) is 7.71. The molecule has 3 saturated carbocycles. The van der Waals surface area contributed by atoms with Gasteiger partial charge in [0.1, 0.15) is 0 Å². The fourth-order valence-corrected chi connectivity index (χ4v) is 4.84. The zero-order chi connectivity index (χ0) is 27.5. The van der Waals surface area contributed by atoms with Gasteiger partial charge in [0.2, 0.25) is 0 Å². The molecular weight excluding hydrogens is 633 g/mol. The molecule has 0 aromatic heterocycles. The van der Waals surface area contributed by atoms with Crippen molar-refractivity contribution in [3.05, 3.63) is 49.6 Å². The molecule has 0 amide bonds. The summed E-state index contributed by atoms with van der Waals surface area (Å²) >= 11 is 0. The standard InChI is InChI=1S/C7H6N2O2S.C6H15N.3C6H11.ClH.Sn/c8-6-9-12(10,11)7-4-2-1-3-5-7;1-4-7(5-2)6-3;3*1-2-4-6-5-3-1;;/h1-5,9H;4-6H2,1-3H3;3*1H,2-6H2;1H;/q;;3*-1;;+4/p-1. The van der Waals surface area contributed by atoms with E-state index < -0.39 is 10.0 Å². The van der Waals surface area contributed by atoms with Crippen molar-refractivity contribution < 1.29 is 20.8 Å². The summed E-state index contributed by atoms with van der Waals surface area (Å²) in [6.45, 7) is 10.1. The maximum Gasteiger partial charge on any atom is 4.00 e. The third-order valence-corrected chi connectivity index (χ3v) is 7.78. The summed E-state index contributed by atoms with van der Waals surface area (Å²) in [6.07, 6.45) is 29.9. The first-order chi connectivity index (χ1) is 18.0. The molecule has 0 radical (unpaired) electrons. The molecule has 0 bridgehead atoms. The summed E-state index contributed by atoms with van der Waals surface area (Å²) in [7, 11) is -3.62. The number of rotatable bonds is 5. The summed E-state index contributed by atoms with van der Waals surface area (Å²) in [5, 5.41) is 8.12. The van der Waals surface area contributed by atoms with E-state index in [1.165, 1.54) is 134 Å². The van der Waals surface area contributed by atoms with Crippen LogP contribution in [0.1, 0.15) is 117 Å². The molecule has 0 unspecified atom stereocenters. The van der Waals surface area contributed by atoms with E-state index in [1.54, 1.807) is 22.9 Å². The minimum absolute atomic E-state index is 0. The van der Waals surface area contributed by atoms with Gasteiger partial charge in [-0.1, -0.05) is 96.8 Å². The van der Waals surface area contributed by atoms with Crippen LogP contribution in [0.4, 0.5) is 0 Å². The Morgan fingerprint density at radius 2 is 1.05 bits per heavy atom. The SMILES string of the molecule is CCN(CC)CC.N#CNS(=O)(=O)c1ccccc1.[CH-]1CCCCC1.[CH-]1CCCCC1.[CH-]1CCCCC1.[Cl-].[Sn+4]. The second-order valence-corrected chi connectivity index (χ2v) is 11.1. The Morgan fingerprint density at radius 3 is 1.23 bits per heavy atom. The van der Waals surface area contributed by atoms with Crippen LogP contribution in [0, 0.1) is 30.7 Å². The Balaban J connectivity index is -0.000000424. The number of nitriles is 1. The molecule has 1 aromatic carbocycles. The third-order valence-electron chi connectivity index (χ3n) is 6.52. The molecule has 3 aliphatic carbocycles. The Morgan fingerprint density at radius 1 is 0.718 bits per heavy atom. The smallest absolute Gasteiger partial charge is 1.00 e. The van der Waals surface area contributed by atoms with E-state index in [-0.39, 0.29) is 41.2 Å². The van der Waals surface area contributed by atoms with E-state index in [0.717, 1.165) is 0 Å². The fourth-order valence-electron chi connectivity index (χ4n) is 4.08. The van der Waals surface area contributed by atoms with Crippen LogP contribution in [0.25, 0.3) is 0 Å².